The summed E-state index contributed by atoms with van der Waals surface area (Å²) in [5.41, 5.74) is 4.50. The minimum absolute atomic E-state index is 0.184. The molecule has 0 saturated heterocycles. The van der Waals surface area contributed by atoms with Gasteiger partial charge in [0.05, 0.1) is 0 Å². The Kier molecular flexibility index (Phi) is 4.99. The van der Waals surface area contributed by atoms with Crippen molar-refractivity contribution < 1.29 is 9.53 Å². The number of fused-ring (bicyclic) bond motifs is 1. The Bertz CT molecular complexity index is 831. The number of carbonyl (C=O) groups is 1. The van der Waals surface area contributed by atoms with Crippen molar-refractivity contribution in [3.63, 3.8) is 0 Å². The van der Waals surface area contributed by atoms with Crippen LogP contribution in [0.4, 0.5) is 0 Å². The first-order chi connectivity index (χ1) is 11.7. The van der Waals surface area contributed by atoms with Crippen LogP contribution in [-0.2, 0) is 11.2 Å². The van der Waals surface area contributed by atoms with E-state index < -0.39 is 0 Å². The first-order valence-corrected chi connectivity index (χ1v) is 8.63. The Hall–Kier alpha value is -2.55. The number of rotatable bonds is 6. The Morgan fingerprint density at radius 3 is 2.54 bits per heavy atom. The van der Waals surface area contributed by atoms with E-state index in [1.165, 1.54) is 5.56 Å². The molecule has 0 amide bonds. The van der Waals surface area contributed by atoms with Crippen LogP contribution in [0.3, 0.4) is 0 Å². The fraction of sp³-hybridized carbons (Fsp3) is 0.286. The van der Waals surface area contributed by atoms with E-state index in [2.05, 4.69) is 42.2 Å². The van der Waals surface area contributed by atoms with Crippen LogP contribution in [0.1, 0.15) is 38.7 Å². The highest BCUT2D eigenvalue weighted by molar-refractivity contribution is 5.92. The predicted molar refractivity (Wildman–Crippen MR) is 98.3 cm³/mol. The van der Waals surface area contributed by atoms with E-state index in [0.29, 0.717) is 12.2 Å². The number of nitrogens with one attached hydrogen (secondary N) is 1. The van der Waals surface area contributed by atoms with Crippen LogP contribution < -0.4 is 4.74 Å². The van der Waals surface area contributed by atoms with Gasteiger partial charge < -0.3 is 9.72 Å². The normalized spacial score (nSPS) is 10.9. The number of aryl methyl sites for hydroxylation is 1. The van der Waals surface area contributed by atoms with Crippen LogP contribution in [0, 0.1) is 0 Å². The molecule has 0 bridgehead atoms. The molecule has 0 fully saturated rings. The fourth-order valence-electron chi connectivity index (χ4n) is 2.89. The summed E-state index contributed by atoms with van der Waals surface area (Å²) in [5, 5.41) is 0.939. The molecule has 24 heavy (non-hydrogen) atoms. The Morgan fingerprint density at radius 2 is 1.83 bits per heavy atom. The number of aromatic nitrogens is 1. The average Bonchev–Trinajstić information content (AvgIpc) is 3.01. The van der Waals surface area contributed by atoms with Crippen molar-refractivity contribution in [3.8, 4) is 17.0 Å². The van der Waals surface area contributed by atoms with E-state index in [9.17, 15) is 4.79 Å². The molecule has 0 aliphatic carbocycles. The van der Waals surface area contributed by atoms with Crippen LogP contribution in [0.15, 0.2) is 48.5 Å². The second-order valence-corrected chi connectivity index (χ2v) is 6.07. The molecule has 3 aromatic rings. The van der Waals surface area contributed by atoms with Gasteiger partial charge in [-0.2, -0.15) is 0 Å². The predicted octanol–water partition coefficient (Wildman–Crippen LogP) is 5.49. The third kappa shape index (κ3) is 3.51. The fourth-order valence-corrected chi connectivity index (χ4v) is 2.89. The van der Waals surface area contributed by atoms with E-state index in [-0.39, 0.29) is 5.97 Å². The molecule has 3 heteroatoms. The number of benzene rings is 2. The lowest BCUT2D eigenvalue weighted by molar-refractivity contribution is -0.134. The summed E-state index contributed by atoms with van der Waals surface area (Å²) in [4.78, 5) is 15.2. The van der Waals surface area contributed by atoms with E-state index in [1.54, 1.807) is 0 Å². The maximum absolute atomic E-state index is 11.8. The SMILES string of the molecule is CCCC(=O)Oc1cccc2[nH]c(-c3ccc(CCC)cc3)cc12. The molecule has 3 nitrogen and oxygen atoms in total. The molecule has 0 spiro atoms. The highest BCUT2D eigenvalue weighted by atomic mass is 16.5. The lowest BCUT2D eigenvalue weighted by Crippen LogP contribution is -2.06. The van der Waals surface area contributed by atoms with Crippen molar-refractivity contribution in [2.75, 3.05) is 0 Å². The maximum atomic E-state index is 11.8. The number of H-pyrrole nitrogens is 1. The van der Waals surface area contributed by atoms with Crippen molar-refractivity contribution in [2.45, 2.75) is 39.5 Å². The van der Waals surface area contributed by atoms with Crippen LogP contribution in [0.2, 0.25) is 0 Å². The van der Waals surface area contributed by atoms with Crippen molar-refractivity contribution in [3.05, 3.63) is 54.1 Å². The van der Waals surface area contributed by atoms with Gasteiger partial charge in [0.2, 0.25) is 0 Å². The van der Waals surface area contributed by atoms with Crippen LogP contribution >= 0.6 is 0 Å². The summed E-state index contributed by atoms with van der Waals surface area (Å²) < 4.78 is 5.51. The minimum atomic E-state index is -0.184. The molecule has 3 rings (SSSR count). The van der Waals surface area contributed by atoms with Gasteiger partial charge >= 0.3 is 5.97 Å². The first-order valence-electron chi connectivity index (χ1n) is 8.63. The lowest BCUT2D eigenvalue weighted by atomic mass is 10.1. The monoisotopic (exact) mass is 321 g/mol. The summed E-state index contributed by atoms with van der Waals surface area (Å²) >= 11 is 0. The minimum Gasteiger partial charge on any atom is -0.426 e. The van der Waals surface area contributed by atoms with E-state index in [1.807, 2.05) is 25.1 Å². The van der Waals surface area contributed by atoms with Gasteiger partial charge in [0, 0.05) is 23.0 Å². The second kappa shape index (κ2) is 7.35. The number of carbonyl (C=O) groups excluding carboxylic acids is 1. The molecular formula is C21H23NO2. The Balaban J connectivity index is 1.91. The molecule has 2 aromatic carbocycles. The Labute approximate surface area is 142 Å². The van der Waals surface area contributed by atoms with E-state index in [4.69, 9.17) is 4.74 Å². The molecule has 0 unspecified atom stereocenters. The summed E-state index contributed by atoms with van der Waals surface area (Å²) in [6.07, 6.45) is 3.48. The first kappa shape index (κ1) is 16.3. The number of hydrogen-bond acceptors (Lipinski definition) is 2. The molecule has 1 N–H and O–H groups in total. The average molecular weight is 321 g/mol. The van der Waals surface area contributed by atoms with Crippen LogP contribution in [-0.4, -0.2) is 11.0 Å². The number of ether oxygens (including phenoxy) is 1. The number of aromatic amines is 1. The van der Waals surface area contributed by atoms with Crippen molar-refractivity contribution in [1.82, 2.24) is 4.98 Å². The van der Waals surface area contributed by atoms with Gasteiger partial charge in [0.25, 0.3) is 0 Å². The van der Waals surface area contributed by atoms with Crippen molar-refractivity contribution in [2.24, 2.45) is 0 Å². The molecule has 0 radical (unpaired) electrons. The number of esters is 1. The summed E-state index contributed by atoms with van der Waals surface area (Å²) in [5.74, 6) is 0.438. The lowest BCUT2D eigenvalue weighted by Gasteiger charge is -2.04. The van der Waals surface area contributed by atoms with Crippen LogP contribution in [0.25, 0.3) is 22.2 Å². The Morgan fingerprint density at radius 1 is 1.04 bits per heavy atom. The largest absolute Gasteiger partial charge is 0.426 e. The van der Waals surface area contributed by atoms with Gasteiger partial charge in [-0.25, -0.2) is 0 Å². The number of hydrogen-bond donors (Lipinski definition) is 1. The maximum Gasteiger partial charge on any atom is 0.311 e. The third-order valence-corrected chi connectivity index (χ3v) is 4.11. The molecular weight excluding hydrogens is 298 g/mol. The molecule has 1 heterocycles. The van der Waals surface area contributed by atoms with Gasteiger partial charge in [0.1, 0.15) is 5.75 Å². The highest BCUT2D eigenvalue weighted by Crippen LogP contribution is 2.31. The topological polar surface area (TPSA) is 42.1 Å². The zero-order valence-electron chi connectivity index (χ0n) is 14.3. The van der Waals surface area contributed by atoms with Gasteiger partial charge in [0.15, 0.2) is 0 Å². The van der Waals surface area contributed by atoms with Gasteiger partial charge in [-0.15, -0.1) is 0 Å². The molecule has 1 aromatic heterocycles. The van der Waals surface area contributed by atoms with Gasteiger partial charge in [-0.1, -0.05) is 50.6 Å². The standard InChI is InChI=1S/C21H23NO2/c1-3-6-15-10-12-16(13-11-15)19-14-17-18(22-19)8-5-9-20(17)24-21(23)7-4-2/h5,8-14,22H,3-4,6-7H2,1-2H3. The second-order valence-electron chi connectivity index (χ2n) is 6.07. The van der Waals surface area contributed by atoms with Crippen molar-refractivity contribution in [1.29, 1.82) is 0 Å². The van der Waals surface area contributed by atoms with Gasteiger partial charge in [-0.05, 0) is 42.2 Å². The quantitative estimate of drug-likeness (QED) is 0.481. The van der Waals surface area contributed by atoms with Crippen LogP contribution in [0.5, 0.6) is 5.75 Å². The smallest absolute Gasteiger partial charge is 0.311 e. The van der Waals surface area contributed by atoms with E-state index in [0.717, 1.165) is 41.4 Å². The molecule has 0 atom stereocenters. The zero-order valence-corrected chi connectivity index (χ0v) is 14.3. The van der Waals surface area contributed by atoms with Crippen molar-refractivity contribution >= 4 is 16.9 Å². The summed E-state index contributed by atoms with van der Waals surface area (Å²) in [6.45, 7) is 4.16. The summed E-state index contributed by atoms with van der Waals surface area (Å²) in [7, 11) is 0. The third-order valence-electron chi connectivity index (χ3n) is 4.11. The summed E-state index contributed by atoms with van der Waals surface area (Å²) in [6, 6.07) is 16.4. The molecule has 0 aliphatic rings. The molecule has 124 valence electrons. The van der Waals surface area contributed by atoms with E-state index >= 15 is 0 Å². The molecule has 0 aliphatic heterocycles. The highest BCUT2D eigenvalue weighted by Gasteiger charge is 2.11. The zero-order chi connectivity index (χ0) is 16.9. The molecule has 0 saturated carbocycles. The van der Waals surface area contributed by atoms with Gasteiger partial charge in [-0.3, -0.25) is 4.79 Å².